The van der Waals surface area contributed by atoms with Crippen LogP contribution in [0.3, 0.4) is 0 Å². The number of aryl methyl sites for hydroxylation is 2. The number of benzene rings is 2. The molecular formula is C40H56N6O2. The molecule has 0 unspecified atom stereocenters. The Kier molecular flexibility index (Phi) is 11.9. The molecule has 2 N–H and O–H groups in total. The van der Waals surface area contributed by atoms with Crippen molar-refractivity contribution >= 4 is 0 Å². The number of nitrogens with zero attached hydrogens (tertiary/aromatic N) is 4. The maximum atomic E-state index is 6.43. The zero-order chi connectivity index (χ0) is 33.3. The van der Waals surface area contributed by atoms with Crippen molar-refractivity contribution in [2.75, 3.05) is 14.1 Å². The first-order valence-corrected chi connectivity index (χ1v) is 18.3. The van der Waals surface area contributed by atoms with Crippen LogP contribution in [0.4, 0.5) is 0 Å². The summed E-state index contributed by atoms with van der Waals surface area (Å²) in [6.45, 7) is 8.90. The maximum Gasteiger partial charge on any atom is 0.212 e. The monoisotopic (exact) mass is 652 g/mol. The van der Waals surface area contributed by atoms with Crippen molar-refractivity contribution in [3.8, 4) is 11.8 Å². The highest BCUT2D eigenvalue weighted by atomic mass is 16.5. The van der Waals surface area contributed by atoms with Gasteiger partial charge in [-0.25, -0.2) is 9.36 Å². The van der Waals surface area contributed by atoms with Crippen LogP contribution in [0.5, 0.6) is 11.8 Å². The van der Waals surface area contributed by atoms with Gasteiger partial charge in [0.1, 0.15) is 13.2 Å². The molecule has 0 amide bonds. The van der Waals surface area contributed by atoms with Crippen LogP contribution in [0.25, 0.3) is 0 Å². The molecule has 2 aromatic carbocycles. The fraction of sp³-hybridized carbons (Fsp3) is 0.550. The molecule has 0 bridgehead atoms. The molecule has 2 heterocycles. The normalized spacial score (nSPS) is 18.7. The predicted molar refractivity (Wildman–Crippen MR) is 192 cm³/mol. The number of hydrogen-bond donors (Lipinski definition) is 2. The molecule has 0 saturated heterocycles. The lowest BCUT2D eigenvalue weighted by atomic mass is 9.77. The fourth-order valence-electron chi connectivity index (χ4n) is 7.81. The maximum absolute atomic E-state index is 6.43. The first-order valence-electron chi connectivity index (χ1n) is 18.3. The van der Waals surface area contributed by atoms with Gasteiger partial charge in [-0.05, 0) is 112 Å². The average Bonchev–Trinajstić information content (AvgIpc) is 3.66. The van der Waals surface area contributed by atoms with Crippen molar-refractivity contribution in [2.24, 2.45) is 11.8 Å². The van der Waals surface area contributed by atoms with Gasteiger partial charge in [0.15, 0.2) is 0 Å². The van der Waals surface area contributed by atoms with Crippen molar-refractivity contribution < 1.29 is 9.47 Å². The van der Waals surface area contributed by atoms with Crippen LogP contribution < -0.4 is 20.1 Å². The lowest BCUT2D eigenvalue weighted by Gasteiger charge is -2.30. The number of nitrogens with one attached hydrogen (secondary N) is 2. The first kappa shape index (κ1) is 34.3. The molecule has 6 rings (SSSR count). The second-order valence-corrected chi connectivity index (χ2v) is 14.3. The van der Waals surface area contributed by atoms with Crippen LogP contribution in [-0.2, 0) is 39.4 Å². The molecule has 2 aliphatic carbocycles. The molecule has 0 atom stereocenters. The Balaban J connectivity index is 1.03. The smallest absolute Gasteiger partial charge is 0.212 e. The van der Waals surface area contributed by atoms with Gasteiger partial charge in [-0.15, -0.1) is 0 Å². The van der Waals surface area contributed by atoms with Crippen LogP contribution in [0.1, 0.15) is 103 Å². The van der Waals surface area contributed by atoms with E-state index in [1.165, 1.54) is 85.6 Å². The van der Waals surface area contributed by atoms with Gasteiger partial charge in [-0.3, -0.25) is 0 Å². The highest BCUT2D eigenvalue weighted by molar-refractivity contribution is 5.34. The molecule has 0 aliphatic heterocycles. The largest absolute Gasteiger partial charge is 0.473 e. The fourth-order valence-corrected chi connectivity index (χ4v) is 7.81. The molecule has 8 nitrogen and oxygen atoms in total. The van der Waals surface area contributed by atoms with Gasteiger partial charge in [-0.2, -0.15) is 10.2 Å². The highest BCUT2D eigenvalue weighted by Crippen LogP contribution is 2.38. The lowest BCUT2D eigenvalue weighted by Crippen LogP contribution is -2.20. The van der Waals surface area contributed by atoms with E-state index >= 15 is 0 Å². The third-order valence-corrected chi connectivity index (χ3v) is 10.5. The van der Waals surface area contributed by atoms with Crippen LogP contribution in [-0.4, -0.2) is 33.7 Å². The number of hydrogen-bond acceptors (Lipinski definition) is 6. The number of aromatic nitrogens is 4. The minimum absolute atomic E-state index is 0.561. The molecule has 4 aromatic rings. The Morgan fingerprint density at radius 3 is 1.88 bits per heavy atom. The van der Waals surface area contributed by atoms with Gasteiger partial charge in [0, 0.05) is 38.3 Å². The van der Waals surface area contributed by atoms with E-state index in [1.807, 2.05) is 14.1 Å². The molecule has 2 saturated carbocycles. The second kappa shape index (κ2) is 16.7. The second-order valence-electron chi connectivity index (χ2n) is 14.3. The molecule has 2 aliphatic rings. The van der Waals surface area contributed by atoms with Crippen LogP contribution in [0.2, 0.25) is 0 Å². The molecular weight excluding hydrogens is 596 g/mol. The van der Waals surface area contributed by atoms with E-state index in [4.69, 9.17) is 19.7 Å². The van der Waals surface area contributed by atoms with Gasteiger partial charge in [0.2, 0.25) is 11.8 Å². The number of rotatable bonds is 15. The Bertz CT molecular complexity index is 1590. The molecule has 0 spiro atoms. The van der Waals surface area contributed by atoms with Crippen molar-refractivity contribution in [1.82, 2.24) is 30.2 Å². The summed E-state index contributed by atoms with van der Waals surface area (Å²) in [4.78, 5) is 0. The SMILES string of the molecule is CNCc1cc(OCc2ccc(C3CCC(Cn4nc(CNC)cc4OCc4ccccc4C)CC3)c(C)c2)n(CC2CCCCC2)n1. The van der Waals surface area contributed by atoms with E-state index in [1.54, 1.807) is 0 Å². The highest BCUT2D eigenvalue weighted by Gasteiger charge is 2.25. The lowest BCUT2D eigenvalue weighted by molar-refractivity contribution is 0.238. The Morgan fingerprint density at radius 1 is 0.667 bits per heavy atom. The van der Waals surface area contributed by atoms with E-state index < -0.39 is 0 Å². The molecule has 2 aromatic heterocycles. The summed E-state index contributed by atoms with van der Waals surface area (Å²) in [5.41, 5.74) is 8.63. The topological polar surface area (TPSA) is 78.2 Å². The third-order valence-electron chi connectivity index (χ3n) is 10.5. The zero-order valence-electron chi connectivity index (χ0n) is 29.6. The van der Waals surface area contributed by atoms with Crippen molar-refractivity contribution in [3.05, 3.63) is 93.8 Å². The molecule has 8 heteroatoms. The Morgan fingerprint density at radius 2 is 1.27 bits per heavy atom. The summed E-state index contributed by atoms with van der Waals surface area (Å²) < 4.78 is 17.0. The van der Waals surface area contributed by atoms with E-state index in [2.05, 4.69) is 88.4 Å². The van der Waals surface area contributed by atoms with Gasteiger partial charge in [-0.1, -0.05) is 61.7 Å². The summed E-state index contributed by atoms with van der Waals surface area (Å²) in [5, 5.41) is 16.3. The zero-order valence-corrected chi connectivity index (χ0v) is 29.6. The Labute approximate surface area is 287 Å². The number of ether oxygens (including phenoxy) is 2. The molecule has 0 radical (unpaired) electrons. The summed E-state index contributed by atoms with van der Waals surface area (Å²) in [6.07, 6.45) is 11.5. The van der Waals surface area contributed by atoms with Crippen LogP contribution in [0.15, 0.2) is 54.6 Å². The van der Waals surface area contributed by atoms with Gasteiger partial charge in [0.25, 0.3) is 0 Å². The summed E-state index contributed by atoms with van der Waals surface area (Å²) >= 11 is 0. The summed E-state index contributed by atoms with van der Waals surface area (Å²) in [7, 11) is 3.93. The van der Waals surface area contributed by atoms with Gasteiger partial charge in [0.05, 0.1) is 11.4 Å². The van der Waals surface area contributed by atoms with Gasteiger partial charge < -0.3 is 20.1 Å². The minimum Gasteiger partial charge on any atom is -0.473 e. The third kappa shape index (κ3) is 8.88. The quantitative estimate of drug-likeness (QED) is 0.136. The predicted octanol–water partition coefficient (Wildman–Crippen LogP) is 7.85. The van der Waals surface area contributed by atoms with Crippen LogP contribution >= 0.6 is 0 Å². The molecule has 258 valence electrons. The van der Waals surface area contributed by atoms with Crippen molar-refractivity contribution in [1.29, 1.82) is 0 Å². The van der Waals surface area contributed by atoms with E-state index in [9.17, 15) is 0 Å². The first-order chi connectivity index (χ1) is 23.5. The molecule has 2 fully saturated rings. The Hall–Kier alpha value is -3.62. The van der Waals surface area contributed by atoms with Crippen molar-refractivity contribution in [3.63, 3.8) is 0 Å². The molecule has 48 heavy (non-hydrogen) atoms. The van der Waals surface area contributed by atoms with E-state index in [0.29, 0.717) is 31.0 Å². The van der Waals surface area contributed by atoms with Gasteiger partial charge >= 0.3 is 0 Å². The standard InChI is InChI=1S/C40H56N6O2/c1-29-10-8-9-13-35(29)28-48-40-22-37(24-42-4)44-46(40)26-32-14-17-34(18-15-32)38-19-16-33(20-30(38)2)27-47-39-21-36(23-41-3)43-45(39)25-31-11-6-5-7-12-31/h8-10,13,16,19-22,31-32,34,41-42H,5-7,11-12,14-15,17-18,23-28H2,1-4H3. The minimum atomic E-state index is 0.561. The van der Waals surface area contributed by atoms with E-state index in [-0.39, 0.29) is 0 Å². The van der Waals surface area contributed by atoms with Crippen molar-refractivity contribution in [2.45, 2.75) is 117 Å². The average molecular weight is 653 g/mol. The summed E-state index contributed by atoms with van der Waals surface area (Å²) in [5.74, 6) is 3.67. The van der Waals surface area contributed by atoms with Crippen LogP contribution in [0, 0.1) is 25.7 Å². The van der Waals surface area contributed by atoms with E-state index in [0.717, 1.165) is 49.3 Å². The summed E-state index contributed by atoms with van der Waals surface area (Å²) in [6, 6.07) is 19.6.